The molecule has 1 aromatic carbocycles. The quantitative estimate of drug-likeness (QED) is 0.757. The van der Waals surface area contributed by atoms with Crippen LogP contribution < -0.4 is 15.8 Å². The summed E-state index contributed by atoms with van der Waals surface area (Å²) in [5, 5.41) is 12.7. The average Bonchev–Trinajstić information content (AvgIpc) is 2.42. The minimum absolute atomic E-state index is 0.134. The van der Waals surface area contributed by atoms with Crippen molar-refractivity contribution in [3.8, 4) is 5.75 Å². The van der Waals surface area contributed by atoms with Gasteiger partial charge in [-0.25, -0.2) is 0 Å². The number of methoxy groups -OCH3 is 1. The SMILES string of the molecule is COc1ccc(C(O)CNC(=O)[C@@H](N)C(C)(C)C)cc1. The van der Waals surface area contributed by atoms with Gasteiger partial charge in [-0.15, -0.1) is 0 Å². The van der Waals surface area contributed by atoms with Crippen molar-refractivity contribution in [3.63, 3.8) is 0 Å². The first-order valence-electron chi connectivity index (χ1n) is 6.61. The number of hydrogen-bond donors (Lipinski definition) is 3. The smallest absolute Gasteiger partial charge is 0.237 e. The summed E-state index contributed by atoms with van der Waals surface area (Å²) in [4.78, 5) is 11.9. The van der Waals surface area contributed by atoms with Crippen molar-refractivity contribution < 1.29 is 14.6 Å². The highest BCUT2D eigenvalue weighted by atomic mass is 16.5. The molecule has 0 aliphatic carbocycles. The molecule has 1 unspecified atom stereocenters. The van der Waals surface area contributed by atoms with Gasteiger partial charge in [0.2, 0.25) is 5.91 Å². The molecule has 0 aliphatic heterocycles. The number of aliphatic hydroxyl groups excluding tert-OH is 1. The Labute approximate surface area is 120 Å². The molecule has 5 heteroatoms. The summed E-state index contributed by atoms with van der Waals surface area (Å²) in [6.07, 6.45) is -0.767. The maximum atomic E-state index is 11.9. The van der Waals surface area contributed by atoms with Crippen LogP contribution in [0.1, 0.15) is 32.4 Å². The monoisotopic (exact) mass is 280 g/mol. The van der Waals surface area contributed by atoms with Crippen molar-refractivity contribution in [3.05, 3.63) is 29.8 Å². The minimum atomic E-state index is -0.767. The number of aliphatic hydroxyl groups is 1. The average molecular weight is 280 g/mol. The summed E-state index contributed by atoms with van der Waals surface area (Å²) in [6.45, 7) is 5.83. The second kappa shape index (κ2) is 6.72. The molecule has 5 nitrogen and oxygen atoms in total. The first kappa shape index (κ1) is 16.5. The van der Waals surface area contributed by atoms with Gasteiger partial charge in [-0.1, -0.05) is 32.9 Å². The normalized spacial score (nSPS) is 14.5. The van der Waals surface area contributed by atoms with Crippen LogP contribution >= 0.6 is 0 Å². The van der Waals surface area contributed by atoms with E-state index >= 15 is 0 Å². The Balaban J connectivity index is 2.54. The van der Waals surface area contributed by atoms with Gasteiger partial charge in [-0.3, -0.25) is 4.79 Å². The van der Waals surface area contributed by atoms with E-state index in [1.54, 1.807) is 31.4 Å². The number of hydrogen-bond acceptors (Lipinski definition) is 4. The van der Waals surface area contributed by atoms with Gasteiger partial charge in [-0.05, 0) is 23.1 Å². The number of nitrogens with one attached hydrogen (secondary N) is 1. The Morgan fingerprint density at radius 3 is 2.35 bits per heavy atom. The van der Waals surface area contributed by atoms with Crippen LogP contribution in [0.5, 0.6) is 5.75 Å². The molecule has 0 bridgehead atoms. The number of benzene rings is 1. The van der Waals surface area contributed by atoms with Crippen LogP contribution in [-0.4, -0.2) is 30.7 Å². The molecule has 112 valence electrons. The fourth-order valence-corrected chi connectivity index (χ4v) is 1.64. The van der Waals surface area contributed by atoms with Gasteiger partial charge in [0.05, 0.1) is 19.3 Å². The van der Waals surface area contributed by atoms with Gasteiger partial charge in [-0.2, -0.15) is 0 Å². The number of nitrogens with two attached hydrogens (primary N) is 1. The van der Waals surface area contributed by atoms with E-state index in [1.165, 1.54) is 0 Å². The van der Waals surface area contributed by atoms with E-state index in [1.807, 2.05) is 20.8 Å². The summed E-state index contributed by atoms with van der Waals surface area (Å²) in [6, 6.07) is 6.45. The molecule has 0 aliphatic rings. The molecule has 0 aromatic heterocycles. The summed E-state index contributed by atoms with van der Waals surface area (Å²) in [7, 11) is 1.58. The predicted octanol–water partition coefficient (Wildman–Crippen LogP) is 1.22. The maximum absolute atomic E-state index is 11.9. The van der Waals surface area contributed by atoms with Crippen LogP contribution in [0.15, 0.2) is 24.3 Å². The van der Waals surface area contributed by atoms with Crippen molar-refractivity contribution in [2.75, 3.05) is 13.7 Å². The Bertz CT molecular complexity index is 437. The first-order chi connectivity index (χ1) is 9.25. The molecular weight excluding hydrogens is 256 g/mol. The van der Waals surface area contributed by atoms with Gasteiger partial charge in [0.15, 0.2) is 0 Å². The molecular formula is C15H24N2O3. The van der Waals surface area contributed by atoms with Crippen molar-refractivity contribution in [1.29, 1.82) is 0 Å². The molecule has 0 spiro atoms. The summed E-state index contributed by atoms with van der Waals surface area (Å²) >= 11 is 0. The first-order valence-corrected chi connectivity index (χ1v) is 6.61. The highest BCUT2D eigenvalue weighted by Crippen LogP contribution is 2.19. The number of ether oxygens (including phenoxy) is 1. The van der Waals surface area contributed by atoms with E-state index in [0.717, 1.165) is 11.3 Å². The Morgan fingerprint density at radius 1 is 1.35 bits per heavy atom. The van der Waals surface area contributed by atoms with E-state index in [9.17, 15) is 9.90 Å². The molecule has 4 N–H and O–H groups in total. The zero-order chi connectivity index (χ0) is 15.3. The largest absolute Gasteiger partial charge is 0.497 e. The Morgan fingerprint density at radius 2 is 1.90 bits per heavy atom. The third-order valence-corrected chi connectivity index (χ3v) is 3.19. The number of rotatable bonds is 5. The minimum Gasteiger partial charge on any atom is -0.497 e. The van der Waals surface area contributed by atoms with Crippen LogP contribution in [0.4, 0.5) is 0 Å². The van der Waals surface area contributed by atoms with Crippen molar-refractivity contribution in [2.45, 2.75) is 32.9 Å². The number of carbonyl (C=O) groups is 1. The van der Waals surface area contributed by atoms with Crippen LogP contribution in [-0.2, 0) is 4.79 Å². The zero-order valence-corrected chi connectivity index (χ0v) is 12.5. The summed E-state index contributed by atoms with van der Waals surface area (Å²) in [5.41, 5.74) is 6.25. The Hall–Kier alpha value is -1.59. The van der Waals surface area contributed by atoms with Crippen molar-refractivity contribution in [1.82, 2.24) is 5.32 Å². The van der Waals surface area contributed by atoms with Crippen LogP contribution in [0.3, 0.4) is 0 Å². The lowest BCUT2D eigenvalue weighted by molar-refractivity contribution is -0.125. The third kappa shape index (κ3) is 4.51. The van der Waals surface area contributed by atoms with Gasteiger partial charge >= 0.3 is 0 Å². The standard InChI is InChI=1S/C15H24N2O3/c1-15(2,3)13(16)14(19)17-9-12(18)10-5-7-11(20-4)8-6-10/h5-8,12-13,18H,9,16H2,1-4H3,(H,17,19)/t12?,13-/m1/s1. The molecule has 1 rings (SSSR count). The lowest BCUT2D eigenvalue weighted by Crippen LogP contribution is -2.49. The molecule has 0 radical (unpaired) electrons. The predicted molar refractivity (Wildman–Crippen MR) is 78.4 cm³/mol. The van der Waals surface area contributed by atoms with Gasteiger partial charge in [0.1, 0.15) is 5.75 Å². The fourth-order valence-electron chi connectivity index (χ4n) is 1.64. The zero-order valence-electron chi connectivity index (χ0n) is 12.5. The maximum Gasteiger partial charge on any atom is 0.237 e. The van der Waals surface area contributed by atoms with E-state index in [2.05, 4.69) is 5.32 Å². The highest BCUT2D eigenvalue weighted by Gasteiger charge is 2.27. The van der Waals surface area contributed by atoms with E-state index in [4.69, 9.17) is 10.5 Å². The lowest BCUT2D eigenvalue weighted by Gasteiger charge is -2.26. The molecule has 1 amide bonds. The lowest BCUT2D eigenvalue weighted by atomic mass is 9.87. The second-order valence-corrected chi connectivity index (χ2v) is 5.88. The summed E-state index contributed by atoms with van der Waals surface area (Å²) in [5.74, 6) is 0.463. The van der Waals surface area contributed by atoms with Gasteiger partial charge < -0.3 is 20.9 Å². The van der Waals surface area contributed by atoms with Crippen molar-refractivity contribution in [2.24, 2.45) is 11.1 Å². The third-order valence-electron chi connectivity index (χ3n) is 3.19. The fraction of sp³-hybridized carbons (Fsp3) is 0.533. The van der Waals surface area contributed by atoms with Crippen molar-refractivity contribution >= 4 is 5.91 Å². The highest BCUT2D eigenvalue weighted by molar-refractivity contribution is 5.82. The van der Waals surface area contributed by atoms with Crippen LogP contribution in [0, 0.1) is 5.41 Å². The topological polar surface area (TPSA) is 84.6 Å². The van der Waals surface area contributed by atoms with Crippen LogP contribution in [0.2, 0.25) is 0 Å². The van der Waals surface area contributed by atoms with E-state index < -0.39 is 12.1 Å². The molecule has 20 heavy (non-hydrogen) atoms. The molecule has 0 heterocycles. The van der Waals surface area contributed by atoms with Gasteiger partial charge in [0, 0.05) is 6.54 Å². The molecule has 2 atom stereocenters. The number of amides is 1. The van der Waals surface area contributed by atoms with E-state index in [-0.39, 0.29) is 17.9 Å². The molecule has 0 fully saturated rings. The molecule has 0 saturated heterocycles. The van der Waals surface area contributed by atoms with E-state index in [0.29, 0.717) is 0 Å². The van der Waals surface area contributed by atoms with Gasteiger partial charge in [0.25, 0.3) is 0 Å². The summed E-state index contributed by atoms with van der Waals surface area (Å²) < 4.78 is 5.05. The second-order valence-electron chi connectivity index (χ2n) is 5.88. The molecule has 1 aromatic rings. The number of carbonyl (C=O) groups excluding carboxylic acids is 1. The molecule has 0 saturated carbocycles. The Kier molecular flexibility index (Phi) is 5.53. The van der Waals surface area contributed by atoms with Crippen LogP contribution in [0.25, 0.3) is 0 Å².